The van der Waals surface area contributed by atoms with Crippen LogP contribution in [0.4, 0.5) is 5.69 Å². The van der Waals surface area contributed by atoms with E-state index in [4.69, 9.17) is 9.47 Å². The molecule has 1 amide bonds. The second-order valence-corrected chi connectivity index (χ2v) is 8.37. The minimum absolute atomic E-state index is 0.0636. The van der Waals surface area contributed by atoms with Gasteiger partial charge in [-0.2, -0.15) is 0 Å². The Balaban J connectivity index is 1.80. The molecule has 0 radical (unpaired) electrons. The molecule has 1 N–H and O–H groups in total. The normalized spacial score (nSPS) is 14.4. The third-order valence-corrected chi connectivity index (χ3v) is 6.18. The van der Waals surface area contributed by atoms with Crippen LogP contribution in [0, 0.1) is 6.92 Å². The zero-order valence-electron chi connectivity index (χ0n) is 16.2. The van der Waals surface area contributed by atoms with Gasteiger partial charge in [0.2, 0.25) is 15.9 Å². The summed E-state index contributed by atoms with van der Waals surface area (Å²) in [6, 6.07) is 10.0. The first-order chi connectivity index (χ1) is 13.4. The van der Waals surface area contributed by atoms with E-state index >= 15 is 0 Å². The van der Waals surface area contributed by atoms with Crippen molar-refractivity contribution in [1.82, 2.24) is 4.72 Å². The zero-order chi connectivity index (χ0) is 20.3. The molecule has 1 saturated heterocycles. The van der Waals surface area contributed by atoms with E-state index in [2.05, 4.69) is 4.72 Å². The van der Waals surface area contributed by atoms with E-state index in [1.54, 1.807) is 42.3 Å². The maximum Gasteiger partial charge on any atom is 0.240 e. The summed E-state index contributed by atoms with van der Waals surface area (Å²) in [6.45, 7) is 2.54. The topological polar surface area (TPSA) is 84.9 Å². The molecule has 0 unspecified atom stereocenters. The maximum absolute atomic E-state index is 12.7. The Kier molecular flexibility index (Phi) is 5.90. The van der Waals surface area contributed by atoms with Gasteiger partial charge in [0.1, 0.15) is 11.5 Å². The summed E-state index contributed by atoms with van der Waals surface area (Å²) in [5.74, 6) is 1.26. The largest absolute Gasteiger partial charge is 0.497 e. The Hall–Kier alpha value is -2.58. The van der Waals surface area contributed by atoms with E-state index in [9.17, 15) is 13.2 Å². The quantitative estimate of drug-likeness (QED) is 0.767. The van der Waals surface area contributed by atoms with Gasteiger partial charge in [-0.3, -0.25) is 4.79 Å². The van der Waals surface area contributed by atoms with E-state index in [-0.39, 0.29) is 17.3 Å². The predicted molar refractivity (Wildman–Crippen MR) is 106 cm³/mol. The third-order valence-electron chi connectivity index (χ3n) is 4.78. The molecule has 1 aliphatic rings. The molecule has 0 aliphatic carbocycles. The number of hydrogen-bond donors (Lipinski definition) is 1. The second kappa shape index (κ2) is 8.20. The molecule has 28 heavy (non-hydrogen) atoms. The molecule has 0 spiro atoms. The van der Waals surface area contributed by atoms with E-state index in [0.29, 0.717) is 30.0 Å². The molecule has 7 nitrogen and oxygen atoms in total. The molecule has 8 heteroatoms. The number of sulfonamides is 1. The molecule has 3 rings (SSSR count). The van der Waals surface area contributed by atoms with Crippen LogP contribution in [-0.2, 0) is 21.4 Å². The van der Waals surface area contributed by atoms with Crippen molar-refractivity contribution in [3.05, 3.63) is 47.5 Å². The van der Waals surface area contributed by atoms with Crippen LogP contribution in [0.2, 0.25) is 0 Å². The molecule has 1 fully saturated rings. The van der Waals surface area contributed by atoms with Gasteiger partial charge < -0.3 is 14.4 Å². The summed E-state index contributed by atoms with van der Waals surface area (Å²) < 4.78 is 38.6. The van der Waals surface area contributed by atoms with Crippen molar-refractivity contribution >= 4 is 21.6 Å². The monoisotopic (exact) mass is 404 g/mol. The number of hydrogen-bond acceptors (Lipinski definition) is 5. The summed E-state index contributed by atoms with van der Waals surface area (Å²) in [6.07, 6.45) is 1.35. The van der Waals surface area contributed by atoms with Crippen LogP contribution < -0.4 is 19.1 Å². The lowest BCUT2D eigenvalue weighted by atomic mass is 10.2. The first kappa shape index (κ1) is 20.2. The number of benzene rings is 2. The minimum Gasteiger partial charge on any atom is -0.497 e. The number of nitrogens with one attached hydrogen (secondary N) is 1. The fourth-order valence-electron chi connectivity index (χ4n) is 3.28. The highest BCUT2D eigenvalue weighted by Gasteiger charge is 2.24. The molecule has 2 aromatic carbocycles. The summed E-state index contributed by atoms with van der Waals surface area (Å²) in [7, 11) is -0.653. The van der Waals surface area contributed by atoms with Crippen LogP contribution in [0.25, 0.3) is 0 Å². The molecular formula is C20H24N2O5S. The minimum atomic E-state index is -3.73. The van der Waals surface area contributed by atoms with Gasteiger partial charge in [-0.15, -0.1) is 0 Å². The third kappa shape index (κ3) is 4.13. The molecule has 2 aromatic rings. The molecule has 1 aliphatic heterocycles. The molecule has 0 bridgehead atoms. The van der Waals surface area contributed by atoms with Gasteiger partial charge >= 0.3 is 0 Å². The van der Waals surface area contributed by atoms with Crippen molar-refractivity contribution in [3.63, 3.8) is 0 Å². The number of anilines is 1. The molecule has 0 saturated carbocycles. The average Bonchev–Trinajstić information content (AvgIpc) is 3.11. The predicted octanol–water partition coefficient (Wildman–Crippen LogP) is 2.62. The highest BCUT2D eigenvalue weighted by atomic mass is 32.2. The standard InChI is InChI=1S/C20H24N2O5S/c1-14-11-17(7-8-18(14)22-10-4-5-20(22)23)28(24,25)21-13-15-12-16(26-2)6-9-19(15)27-3/h6-9,11-12,21H,4-5,10,13H2,1-3H3. The van der Waals surface area contributed by atoms with Crippen LogP contribution in [-0.4, -0.2) is 35.1 Å². The lowest BCUT2D eigenvalue weighted by Crippen LogP contribution is -2.26. The molecule has 0 atom stereocenters. The Morgan fingerprint density at radius 3 is 2.50 bits per heavy atom. The SMILES string of the molecule is COc1ccc(OC)c(CNS(=O)(=O)c2ccc(N3CCCC3=O)c(C)c2)c1. The molecule has 150 valence electrons. The fraction of sp³-hybridized carbons (Fsp3) is 0.350. The van der Waals surface area contributed by atoms with Crippen molar-refractivity contribution in [2.24, 2.45) is 0 Å². The van der Waals surface area contributed by atoms with E-state index in [1.165, 1.54) is 13.2 Å². The molecular weight excluding hydrogens is 380 g/mol. The van der Waals surface area contributed by atoms with Gasteiger partial charge in [0.15, 0.2) is 0 Å². The summed E-state index contributed by atoms with van der Waals surface area (Å²) in [5, 5.41) is 0. The smallest absolute Gasteiger partial charge is 0.240 e. The fourth-order valence-corrected chi connectivity index (χ4v) is 4.37. The number of amides is 1. The van der Waals surface area contributed by atoms with Crippen LogP contribution in [0.1, 0.15) is 24.0 Å². The van der Waals surface area contributed by atoms with Crippen molar-refractivity contribution in [3.8, 4) is 11.5 Å². The first-order valence-corrected chi connectivity index (χ1v) is 10.5. The van der Waals surface area contributed by atoms with E-state index < -0.39 is 10.0 Å². The highest BCUT2D eigenvalue weighted by Crippen LogP contribution is 2.28. The van der Waals surface area contributed by atoms with Gasteiger partial charge in [-0.25, -0.2) is 13.1 Å². The second-order valence-electron chi connectivity index (χ2n) is 6.60. The Morgan fingerprint density at radius 2 is 1.89 bits per heavy atom. The summed E-state index contributed by atoms with van der Waals surface area (Å²) in [5.41, 5.74) is 2.18. The van der Waals surface area contributed by atoms with Gasteiger partial charge in [-0.05, 0) is 55.3 Å². The van der Waals surface area contributed by atoms with Gasteiger partial charge in [-0.1, -0.05) is 0 Å². The van der Waals surface area contributed by atoms with Crippen LogP contribution in [0.5, 0.6) is 11.5 Å². The number of carbonyl (C=O) groups is 1. The lowest BCUT2D eigenvalue weighted by Gasteiger charge is -2.19. The number of ether oxygens (including phenoxy) is 2. The number of aryl methyl sites for hydroxylation is 1. The van der Waals surface area contributed by atoms with Crippen LogP contribution in [0.3, 0.4) is 0 Å². The van der Waals surface area contributed by atoms with Crippen LogP contribution >= 0.6 is 0 Å². The summed E-state index contributed by atoms with van der Waals surface area (Å²) in [4.78, 5) is 13.8. The van der Waals surface area contributed by atoms with Crippen molar-refractivity contribution in [2.45, 2.75) is 31.2 Å². The first-order valence-electron chi connectivity index (χ1n) is 8.97. The molecule has 0 aromatic heterocycles. The van der Waals surface area contributed by atoms with Crippen LogP contribution in [0.15, 0.2) is 41.3 Å². The summed E-state index contributed by atoms with van der Waals surface area (Å²) >= 11 is 0. The average molecular weight is 404 g/mol. The lowest BCUT2D eigenvalue weighted by molar-refractivity contribution is -0.117. The maximum atomic E-state index is 12.7. The molecule has 1 heterocycles. The number of rotatable bonds is 7. The Morgan fingerprint density at radius 1 is 1.11 bits per heavy atom. The van der Waals surface area contributed by atoms with Gasteiger partial charge in [0, 0.05) is 30.8 Å². The van der Waals surface area contributed by atoms with E-state index in [1.807, 2.05) is 6.92 Å². The van der Waals surface area contributed by atoms with Gasteiger partial charge in [0.05, 0.1) is 19.1 Å². The van der Waals surface area contributed by atoms with Crippen molar-refractivity contribution < 1.29 is 22.7 Å². The van der Waals surface area contributed by atoms with E-state index in [0.717, 1.165) is 17.7 Å². The number of methoxy groups -OCH3 is 2. The number of nitrogens with zero attached hydrogens (tertiary/aromatic N) is 1. The van der Waals surface area contributed by atoms with Crippen molar-refractivity contribution in [2.75, 3.05) is 25.7 Å². The van der Waals surface area contributed by atoms with Gasteiger partial charge in [0.25, 0.3) is 0 Å². The Labute approximate surface area is 165 Å². The van der Waals surface area contributed by atoms with Crippen molar-refractivity contribution in [1.29, 1.82) is 0 Å². The highest BCUT2D eigenvalue weighted by molar-refractivity contribution is 7.89. The zero-order valence-corrected chi connectivity index (χ0v) is 17.0. The number of carbonyl (C=O) groups excluding carboxylic acids is 1. The Bertz CT molecular complexity index is 988.